The molecule has 6 nitrogen and oxygen atoms in total. The van der Waals surface area contributed by atoms with E-state index in [2.05, 4.69) is 47.2 Å². The standard InChI is InChI=1S/C24H33N3O3/c1-4-7-8-9-10-11-12-13-20-14-16-21(17-15-20)30-24-26-22(28-18-5-2)25-23(27-24)29-19-6-3/h5-6,14-17H,2-4,7-13,18-19H2,1H3. The number of benzene rings is 1. The molecular formula is C24H33N3O3. The lowest BCUT2D eigenvalue weighted by molar-refractivity contribution is 0.285. The summed E-state index contributed by atoms with van der Waals surface area (Å²) in [5.41, 5.74) is 1.30. The molecule has 30 heavy (non-hydrogen) atoms. The minimum atomic E-state index is 0.114. The van der Waals surface area contributed by atoms with E-state index in [9.17, 15) is 0 Å². The molecule has 0 aliphatic rings. The van der Waals surface area contributed by atoms with Gasteiger partial charge >= 0.3 is 18.0 Å². The molecule has 0 unspecified atom stereocenters. The van der Waals surface area contributed by atoms with Crippen molar-refractivity contribution in [2.24, 2.45) is 0 Å². The van der Waals surface area contributed by atoms with Crippen molar-refractivity contribution < 1.29 is 14.2 Å². The fourth-order valence-electron chi connectivity index (χ4n) is 2.88. The first-order chi connectivity index (χ1) is 14.7. The molecule has 6 heteroatoms. The lowest BCUT2D eigenvalue weighted by Gasteiger charge is -2.09. The van der Waals surface area contributed by atoms with Gasteiger partial charge in [-0.15, -0.1) is 15.0 Å². The molecule has 2 rings (SSSR count). The number of aromatic nitrogens is 3. The first kappa shape index (κ1) is 23.4. The van der Waals surface area contributed by atoms with Crippen LogP contribution in [0.4, 0.5) is 0 Å². The highest BCUT2D eigenvalue weighted by molar-refractivity contribution is 5.29. The van der Waals surface area contributed by atoms with E-state index in [4.69, 9.17) is 14.2 Å². The molecule has 0 atom stereocenters. The molecule has 0 amide bonds. The molecule has 0 saturated heterocycles. The van der Waals surface area contributed by atoms with E-state index in [0.29, 0.717) is 5.75 Å². The van der Waals surface area contributed by atoms with Crippen molar-refractivity contribution in [1.29, 1.82) is 0 Å². The van der Waals surface area contributed by atoms with Crippen molar-refractivity contribution in [3.63, 3.8) is 0 Å². The normalized spacial score (nSPS) is 10.4. The maximum Gasteiger partial charge on any atom is 0.331 e. The van der Waals surface area contributed by atoms with Crippen LogP contribution in [0.1, 0.15) is 57.4 Å². The molecule has 0 saturated carbocycles. The van der Waals surface area contributed by atoms with Gasteiger partial charge < -0.3 is 14.2 Å². The van der Waals surface area contributed by atoms with Crippen LogP contribution in [0.15, 0.2) is 49.6 Å². The first-order valence-electron chi connectivity index (χ1n) is 10.8. The number of aryl methyl sites for hydroxylation is 1. The molecule has 162 valence electrons. The van der Waals surface area contributed by atoms with Crippen molar-refractivity contribution in [3.8, 4) is 23.8 Å². The molecule has 0 fully saturated rings. The Bertz CT molecular complexity index is 733. The minimum Gasteiger partial charge on any atom is -0.459 e. The van der Waals surface area contributed by atoms with Gasteiger partial charge in [0.25, 0.3) is 0 Å². The highest BCUT2D eigenvalue weighted by Crippen LogP contribution is 2.22. The molecule has 0 spiro atoms. The van der Waals surface area contributed by atoms with Gasteiger partial charge in [-0.05, 0) is 30.5 Å². The Hall–Kier alpha value is -2.89. The van der Waals surface area contributed by atoms with E-state index in [-0.39, 0.29) is 31.2 Å². The zero-order valence-corrected chi connectivity index (χ0v) is 18.0. The van der Waals surface area contributed by atoms with Crippen molar-refractivity contribution >= 4 is 0 Å². The SMILES string of the molecule is C=CCOc1nc(OCC=C)nc(Oc2ccc(CCCCCCCCC)cc2)n1. The number of nitrogens with zero attached hydrogens (tertiary/aromatic N) is 3. The van der Waals surface area contributed by atoms with Gasteiger partial charge in [-0.2, -0.15) is 0 Å². The van der Waals surface area contributed by atoms with Gasteiger partial charge in [0.15, 0.2) is 0 Å². The van der Waals surface area contributed by atoms with Gasteiger partial charge in [0.1, 0.15) is 19.0 Å². The van der Waals surface area contributed by atoms with Crippen LogP contribution in [-0.2, 0) is 6.42 Å². The second kappa shape index (κ2) is 14.1. The lowest BCUT2D eigenvalue weighted by atomic mass is 10.0. The van der Waals surface area contributed by atoms with Crippen LogP contribution in [0.25, 0.3) is 0 Å². The molecule has 0 N–H and O–H groups in total. The lowest BCUT2D eigenvalue weighted by Crippen LogP contribution is -2.05. The summed E-state index contributed by atoms with van der Waals surface area (Å²) in [6.45, 7) is 10.0. The highest BCUT2D eigenvalue weighted by Gasteiger charge is 2.10. The van der Waals surface area contributed by atoms with Crippen LogP contribution in [0.5, 0.6) is 23.8 Å². The van der Waals surface area contributed by atoms with Crippen LogP contribution in [0, 0.1) is 0 Å². The third-order valence-electron chi connectivity index (χ3n) is 4.44. The van der Waals surface area contributed by atoms with E-state index < -0.39 is 0 Å². The average Bonchev–Trinajstić information content (AvgIpc) is 2.76. The number of hydrogen-bond donors (Lipinski definition) is 0. The molecule has 1 aromatic heterocycles. The molecule has 1 heterocycles. The quantitative estimate of drug-likeness (QED) is 0.246. The van der Waals surface area contributed by atoms with Gasteiger partial charge in [-0.1, -0.05) is 82.9 Å². The van der Waals surface area contributed by atoms with E-state index in [1.54, 1.807) is 12.2 Å². The van der Waals surface area contributed by atoms with Crippen LogP contribution >= 0.6 is 0 Å². The Morgan fingerprint density at radius 2 is 1.27 bits per heavy atom. The Labute approximate surface area is 180 Å². The molecule has 2 aromatic rings. The summed E-state index contributed by atoms with van der Waals surface area (Å²) >= 11 is 0. The van der Waals surface area contributed by atoms with Crippen LogP contribution in [-0.4, -0.2) is 28.2 Å². The third-order valence-corrected chi connectivity index (χ3v) is 4.44. The van der Waals surface area contributed by atoms with Crippen LogP contribution < -0.4 is 14.2 Å². The Morgan fingerprint density at radius 1 is 0.733 bits per heavy atom. The highest BCUT2D eigenvalue weighted by atomic mass is 16.5. The van der Waals surface area contributed by atoms with E-state index >= 15 is 0 Å². The zero-order chi connectivity index (χ0) is 21.4. The Balaban J connectivity index is 1.88. The van der Waals surface area contributed by atoms with E-state index in [1.165, 1.54) is 50.5 Å². The largest absolute Gasteiger partial charge is 0.459 e. The van der Waals surface area contributed by atoms with Gasteiger partial charge in [0.05, 0.1) is 0 Å². The van der Waals surface area contributed by atoms with Crippen molar-refractivity contribution in [2.45, 2.75) is 58.3 Å². The minimum absolute atomic E-state index is 0.114. The van der Waals surface area contributed by atoms with Crippen LogP contribution in [0.3, 0.4) is 0 Å². The van der Waals surface area contributed by atoms with Crippen LogP contribution in [0.2, 0.25) is 0 Å². The summed E-state index contributed by atoms with van der Waals surface area (Å²) in [6, 6.07) is 8.37. The predicted molar refractivity (Wildman–Crippen MR) is 119 cm³/mol. The molecule has 0 aliphatic heterocycles. The molecule has 0 radical (unpaired) electrons. The topological polar surface area (TPSA) is 66.4 Å². The summed E-state index contributed by atoms with van der Waals surface area (Å²) in [5.74, 6) is 0.647. The number of unbranched alkanes of at least 4 members (excludes halogenated alkanes) is 6. The number of ether oxygens (including phenoxy) is 3. The smallest absolute Gasteiger partial charge is 0.331 e. The van der Waals surface area contributed by atoms with Crippen molar-refractivity contribution in [2.75, 3.05) is 13.2 Å². The summed E-state index contributed by atoms with van der Waals surface area (Å²) in [6.07, 6.45) is 13.5. The van der Waals surface area contributed by atoms with Gasteiger partial charge in [-0.25, -0.2) is 0 Å². The fraction of sp³-hybridized carbons (Fsp3) is 0.458. The van der Waals surface area contributed by atoms with Crippen molar-refractivity contribution in [3.05, 3.63) is 55.1 Å². The molecule has 0 aliphatic carbocycles. The maximum absolute atomic E-state index is 5.78. The van der Waals surface area contributed by atoms with E-state index in [1.807, 2.05) is 12.1 Å². The first-order valence-corrected chi connectivity index (χ1v) is 10.8. The number of hydrogen-bond acceptors (Lipinski definition) is 6. The average molecular weight is 412 g/mol. The second-order valence-electron chi connectivity index (χ2n) is 7.00. The summed E-state index contributed by atoms with van der Waals surface area (Å²) in [5, 5.41) is 0. The summed E-state index contributed by atoms with van der Waals surface area (Å²) in [4.78, 5) is 12.4. The van der Waals surface area contributed by atoms with Gasteiger partial charge in [0, 0.05) is 0 Å². The van der Waals surface area contributed by atoms with Crippen molar-refractivity contribution in [1.82, 2.24) is 15.0 Å². The summed E-state index contributed by atoms with van der Waals surface area (Å²) < 4.78 is 16.6. The predicted octanol–water partition coefficient (Wildman–Crippen LogP) is 6.09. The molecular weight excluding hydrogens is 378 g/mol. The van der Waals surface area contributed by atoms with E-state index in [0.717, 1.165) is 6.42 Å². The monoisotopic (exact) mass is 411 g/mol. The zero-order valence-electron chi connectivity index (χ0n) is 18.0. The number of rotatable bonds is 16. The van der Waals surface area contributed by atoms with Gasteiger partial charge in [-0.3, -0.25) is 0 Å². The Morgan fingerprint density at radius 3 is 1.83 bits per heavy atom. The fourth-order valence-corrected chi connectivity index (χ4v) is 2.88. The molecule has 1 aromatic carbocycles. The second-order valence-corrected chi connectivity index (χ2v) is 7.00. The third kappa shape index (κ3) is 9.07. The molecule has 0 bridgehead atoms. The Kier molecular flexibility index (Phi) is 11.0. The van der Waals surface area contributed by atoms with Gasteiger partial charge in [0.2, 0.25) is 0 Å². The maximum atomic E-state index is 5.78. The summed E-state index contributed by atoms with van der Waals surface area (Å²) in [7, 11) is 0.